The van der Waals surface area contributed by atoms with Gasteiger partial charge in [-0.3, -0.25) is 9.89 Å². The Morgan fingerprint density at radius 2 is 2.43 bits per heavy atom. The number of amides is 1. The quantitative estimate of drug-likeness (QED) is 0.768. The Hall–Kier alpha value is -2.02. The summed E-state index contributed by atoms with van der Waals surface area (Å²) >= 11 is 1.30. The van der Waals surface area contributed by atoms with Crippen molar-refractivity contribution in [3.05, 3.63) is 30.0 Å². The molecule has 0 bridgehead atoms. The van der Waals surface area contributed by atoms with Gasteiger partial charge < -0.3 is 9.73 Å². The predicted molar refractivity (Wildman–Crippen MR) is 82.6 cm³/mol. The summed E-state index contributed by atoms with van der Waals surface area (Å²) in [5.74, 6) is 1.67. The van der Waals surface area contributed by atoms with E-state index in [1.165, 1.54) is 11.8 Å². The standard InChI is InChI=1S/C14H18N4O2S/c1-3-10(2)15-13(19)9-21-14-16-12(17-18-14)7-6-11-5-4-8-20-11/h4-8,10H,3,9H2,1-2H3,(H,15,19)(H,16,17,18). The lowest BCUT2D eigenvalue weighted by atomic mass is 10.3. The third kappa shape index (κ3) is 5.11. The van der Waals surface area contributed by atoms with E-state index >= 15 is 0 Å². The van der Waals surface area contributed by atoms with E-state index in [0.717, 1.165) is 12.2 Å². The number of H-pyrrole nitrogens is 1. The summed E-state index contributed by atoms with van der Waals surface area (Å²) in [6.45, 7) is 4.01. The van der Waals surface area contributed by atoms with E-state index in [4.69, 9.17) is 4.42 Å². The second-order valence-electron chi connectivity index (χ2n) is 4.52. The molecule has 2 aromatic rings. The zero-order valence-electron chi connectivity index (χ0n) is 12.0. The smallest absolute Gasteiger partial charge is 0.230 e. The first-order chi connectivity index (χ1) is 10.2. The van der Waals surface area contributed by atoms with Crippen LogP contribution >= 0.6 is 11.8 Å². The number of hydrogen-bond acceptors (Lipinski definition) is 5. The van der Waals surface area contributed by atoms with Crippen LogP contribution in [0.15, 0.2) is 28.0 Å². The van der Waals surface area contributed by atoms with Gasteiger partial charge in [-0.05, 0) is 37.6 Å². The molecule has 0 spiro atoms. The Kier molecular flexibility index (Phi) is 5.62. The van der Waals surface area contributed by atoms with Crippen molar-refractivity contribution in [2.24, 2.45) is 0 Å². The minimum atomic E-state index is -0.00757. The first-order valence-corrected chi connectivity index (χ1v) is 7.72. The predicted octanol–water partition coefficient (Wildman–Crippen LogP) is 2.57. The number of rotatable bonds is 7. The van der Waals surface area contributed by atoms with Crippen LogP contribution in [0.2, 0.25) is 0 Å². The monoisotopic (exact) mass is 306 g/mol. The van der Waals surface area contributed by atoms with Crippen LogP contribution in [-0.2, 0) is 4.79 Å². The Morgan fingerprint density at radius 3 is 3.14 bits per heavy atom. The molecule has 1 unspecified atom stereocenters. The zero-order valence-corrected chi connectivity index (χ0v) is 12.8. The molecular formula is C14H18N4O2S. The van der Waals surface area contributed by atoms with Gasteiger partial charge >= 0.3 is 0 Å². The molecule has 2 heterocycles. The first kappa shape index (κ1) is 15.4. The first-order valence-electron chi connectivity index (χ1n) is 6.73. The van der Waals surface area contributed by atoms with Crippen molar-refractivity contribution in [3.63, 3.8) is 0 Å². The summed E-state index contributed by atoms with van der Waals surface area (Å²) in [7, 11) is 0. The molecular weight excluding hydrogens is 288 g/mol. The highest BCUT2D eigenvalue weighted by Crippen LogP contribution is 2.13. The number of aromatic amines is 1. The molecule has 1 atom stereocenters. The van der Waals surface area contributed by atoms with Crippen molar-refractivity contribution >= 4 is 29.8 Å². The summed E-state index contributed by atoms with van der Waals surface area (Å²) < 4.78 is 5.18. The minimum Gasteiger partial charge on any atom is -0.465 e. The van der Waals surface area contributed by atoms with E-state index in [1.54, 1.807) is 18.4 Å². The maximum atomic E-state index is 11.6. The molecule has 2 rings (SSSR count). The summed E-state index contributed by atoms with van der Waals surface area (Å²) in [5.41, 5.74) is 0. The lowest BCUT2D eigenvalue weighted by Gasteiger charge is -2.09. The van der Waals surface area contributed by atoms with Gasteiger partial charge in [0.15, 0.2) is 0 Å². The largest absolute Gasteiger partial charge is 0.465 e. The molecule has 112 valence electrons. The zero-order chi connectivity index (χ0) is 15.1. The van der Waals surface area contributed by atoms with Crippen molar-refractivity contribution in [1.82, 2.24) is 20.5 Å². The third-order valence-electron chi connectivity index (χ3n) is 2.78. The molecule has 0 radical (unpaired) electrons. The van der Waals surface area contributed by atoms with Crippen LogP contribution in [0.25, 0.3) is 12.2 Å². The Labute approximate surface area is 127 Å². The Balaban J connectivity index is 1.82. The van der Waals surface area contributed by atoms with E-state index in [2.05, 4.69) is 20.5 Å². The minimum absolute atomic E-state index is 0.00757. The highest BCUT2D eigenvalue weighted by atomic mass is 32.2. The lowest BCUT2D eigenvalue weighted by Crippen LogP contribution is -2.33. The molecule has 0 aromatic carbocycles. The molecule has 1 amide bonds. The van der Waals surface area contributed by atoms with E-state index in [1.807, 2.05) is 26.0 Å². The van der Waals surface area contributed by atoms with Gasteiger partial charge in [-0.15, -0.1) is 5.10 Å². The van der Waals surface area contributed by atoms with Crippen molar-refractivity contribution in [2.75, 3.05) is 5.75 Å². The fourth-order valence-electron chi connectivity index (χ4n) is 1.49. The van der Waals surface area contributed by atoms with Gasteiger partial charge in [0.2, 0.25) is 11.1 Å². The molecule has 2 aromatic heterocycles. The number of thioether (sulfide) groups is 1. The summed E-state index contributed by atoms with van der Waals surface area (Å²) in [4.78, 5) is 15.9. The molecule has 0 aliphatic heterocycles. The highest BCUT2D eigenvalue weighted by Gasteiger charge is 2.08. The number of nitrogens with zero attached hydrogens (tertiary/aromatic N) is 2. The lowest BCUT2D eigenvalue weighted by molar-refractivity contribution is -0.119. The molecule has 2 N–H and O–H groups in total. The molecule has 0 saturated carbocycles. The van der Waals surface area contributed by atoms with Gasteiger partial charge in [-0.1, -0.05) is 18.7 Å². The van der Waals surface area contributed by atoms with Crippen LogP contribution in [0.5, 0.6) is 0 Å². The van der Waals surface area contributed by atoms with Crippen molar-refractivity contribution in [2.45, 2.75) is 31.5 Å². The van der Waals surface area contributed by atoms with Crippen molar-refractivity contribution < 1.29 is 9.21 Å². The molecule has 0 aliphatic carbocycles. The van der Waals surface area contributed by atoms with Crippen molar-refractivity contribution in [3.8, 4) is 0 Å². The van der Waals surface area contributed by atoms with Gasteiger partial charge in [0, 0.05) is 6.04 Å². The fraction of sp³-hybridized carbons (Fsp3) is 0.357. The van der Waals surface area contributed by atoms with Crippen LogP contribution < -0.4 is 5.32 Å². The maximum absolute atomic E-state index is 11.6. The molecule has 0 aliphatic rings. The average molecular weight is 306 g/mol. The number of hydrogen-bond donors (Lipinski definition) is 2. The topological polar surface area (TPSA) is 83.8 Å². The van der Waals surface area contributed by atoms with E-state index < -0.39 is 0 Å². The van der Waals surface area contributed by atoms with Crippen LogP contribution in [0.1, 0.15) is 31.9 Å². The number of nitrogens with one attached hydrogen (secondary N) is 2. The normalized spacial score (nSPS) is 12.7. The number of carbonyl (C=O) groups is 1. The van der Waals surface area contributed by atoms with Crippen LogP contribution in [0, 0.1) is 0 Å². The highest BCUT2D eigenvalue weighted by molar-refractivity contribution is 7.99. The van der Waals surface area contributed by atoms with Gasteiger partial charge in [0.1, 0.15) is 11.6 Å². The molecule has 0 saturated heterocycles. The van der Waals surface area contributed by atoms with Crippen LogP contribution in [0.3, 0.4) is 0 Å². The van der Waals surface area contributed by atoms with E-state index in [0.29, 0.717) is 16.7 Å². The molecule has 7 heteroatoms. The summed E-state index contributed by atoms with van der Waals surface area (Å²) in [5, 5.41) is 10.3. The van der Waals surface area contributed by atoms with Gasteiger partial charge in [0.25, 0.3) is 0 Å². The average Bonchev–Trinajstić information content (AvgIpc) is 3.14. The SMILES string of the molecule is CCC(C)NC(=O)CSc1n[nH]c(C=Cc2ccco2)n1. The van der Waals surface area contributed by atoms with Crippen LogP contribution in [-0.4, -0.2) is 32.9 Å². The van der Waals surface area contributed by atoms with Gasteiger partial charge in [0.05, 0.1) is 12.0 Å². The van der Waals surface area contributed by atoms with E-state index in [9.17, 15) is 4.79 Å². The number of furan rings is 1. The second kappa shape index (κ2) is 7.68. The summed E-state index contributed by atoms with van der Waals surface area (Å²) in [6, 6.07) is 3.86. The molecule has 0 fully saturated rings. The number of aromatic nitrogens is 3. The Morgan fingerprint density at radius 1 is 1.57 bits per heavy atom. The van der Waals surface area contributed by atoms with Gasteiger partial charge in [-0.2, -0.15) is 0 Å². The maximum Gasteiger partial charge on any atom is 0.230 e. The molecule has 21 heavy (non-hydrogen) atoms. The third-order valence-corrected chi connectivity index (χ3v) is 3.63. The Bertz CT molecular complexity index is 592. The fourth-order valence-corrected chi connectivity index (χ4v) is 2.11. The van der Waals surface area contributed by atoms with Gasteiger partial charge in [-0.25, -0.2) is 4.98 Å². The number of carbonyl (C=O) groups excluding carboxylic acids is 1. The van der Waals surface area contributed by atoms with E-state index in [-0.39, 0.29) is 11.9 Å². The van der Waals surface area contributed by atoms with Crippen LogP contribution in [0.4, 0.5) is 0 Å². The van der Waals surface area contributed by atoms with Crippen molar-refractivity contribution in [1.29, 1.82) is 0 Å². The summed E-state index contributed by atoms with van der Waals surface area (Å²) in [6.07, 6.45) is 6.09. The molecule has 6 nitrogen and oxygen atoms in total. The second-order valence-corrected chi connectivity index (χ2v) is 5.46.